The summed E-state index contributed by atoms with van der Waals surface area (Å²) >= 11 is 0. The molecule has 1 saturated carbocycles. The first-order chi connectivity index (χ1) is 6.65. The Balaban J connectivity index is 1.98. The van der Waals surface area contributed by atoms with Gasteiger partial charge in [-0.15, -0.1) is 0 Å². The van der Waals surface area contributed by atoms with E-state index >= 15 is 0 Å². The Morgan fingerprint density at radius 3 is 2.50 bits per heavy atom. The molecule has 0 aromatic heterocycles. The molecule has 14 heavy (non-hydrogen) atoms. The van der Waals surface area contributed by atoms with Gasteiger partial charge in [0.15, 0.2) is 0 Å². The molecule has 1 aliphatic carbocycles. The lowest BCUT2D eigenvalue weighted by Crippen LogP contribution is -2.38. The maximum absolute atomic E-state index is 9.07. The minimum atomic E-state index is 0.121. The van der Waals surface area contributed by atoms with Crippen molar-refractivity contribution in [2.24, 2.45) is 11.8 Å². The van der Waals surface area contributed by atoms with E-state index < -0.39 is 0 Å². The van der Waals surface area contributed by atoms with Crippen molar-refractivity contribution in [1.82, 2.24) is 0 Å². The van der Waals surface area contributed by atoms with E-state index in [1.807, 2.05) is 0 Å². The van der Waals surface area contributed by atoms with Gasteiger partial charge in [-0.1, -0.05) is 13.8 Å². The average Bonchev–Trinajstić information content (AvgIpc) is 2.56. The van der Waals surface area contributed by atoms with Gasteiger partial charge in [-0.05, 0) is 43.9 Å². The first-order valence-electron chi connectivity index (χ1n) is 5.94. The van der Waals surface area contributed by atoms with Gasteiger partial charge in [0.1, 0.15) is 0 Å². The zero-order chi connectivity index (χ0) is 10.2. The fourth-order valence-electron chi connectivity index (χ4n) is 3.02. The van der Waals surface area contributed by atoms with E-state index in [4.69, 9.17) is 9.84 Å². The zero-order valence-corrected chi connectivity index (χ0v) is 9.33. The summed E-state index contributed by atoms with van der Waals surface area (Å²) in [5.74, 6) is 1.62. The number of hydrogen-bond acceptors (Lipinski definition) is 2. The van der Waals surface area contributed by atoms with Crippen LogP contribution < -0.4 is 0 Å². The largest absolute Gasteiger partial charge is 0.394 e. The molecule has 2 aliphatic rings. The summed E-state index contributed by atoms with van der Waals surface area (Å²) in [6.45, 7) is 4.88. The van der Waals surface area contributed by atoms with Crippen LogP contribution in [0.15, 0.2) is 0 Å². The summed E-state index contributed by atoms with van der Waals surface area (Å²) in [6.07, 6.45) is 6.03. The van der Waals surface area contributed by atoms with Crippen LogP contribution in [-0.2, 0) is 4.74 Å². The zero-order valence-electron chi connectivity index (χ0n) is 9.33. The Kier molecular flexibility index (Phi) is 2.85. The Morgan fingerprint density at radius 1 is 1.21 bits per heavy atom. The summed E-state index contributed by atoms with van der Waals surface area (Å²) in [5, 5.41) is 9.07. The maximum atomic E-state index is 9.07. The lowest BCUT2D eigenvalue weighted by molar-refractivity contribution is -0.0949. The predicted molar refractivity (Wildman–Crippen MR) is 56.1 cm³/mol. The second kappa shape index (κ2) is 3.82. The molecule has 1 N–H and O–H groups in total. The molecule has 1 aliphatic heterocycles. The highest BCUT2D eigenvalue weighted by Crippen LogP contribution is 2.45. The van der Waals surface area contributed by atoms with E-state index in [0.717, 1.165) is 24.7 Å². The molecule has 1 spiro atoms. The second-order valence-corrected chi connectivity index (χ2v) is 5.34. The van der Waals surface area contributed by atoms with Crippen molar-refractivity contribution in [3.05, 3.63) is 0 Å². The van der Waals surface area contributed by atoms with Gasteiger partial charge in [0.05, 0.1) is 18.3 Å². The lowest BCUT2D eigenvalue weighted by atomic mass is 9.72. The van der Waals surface area contributed by atoms with Gasteiger partial charge in [0.25, 0.3) is 0 Å². The monoisotopic (exact) mass is 198 g/mol. The molecule has 2 fully saturated rings. The molecular formula is C12H22O2. The van der Waals surface area contributed by atoms with E-state index in [-0.39, 0.29) is 18.3 Å². The average molecular weight is 198 g/mol. The topological polar surface area (TPSA) is 29.5 Å². The Morgan fingerprint density at radius 2 is 1.93 bits per heavy atom. The molecule has 82 valence electrons. The molecule has 4 atom stereocenters. The van der Waals surface area contributed by atoms with E-state index in [0.29, 0.717) is 0 Å². The van der Waals surface area contributed by atoms with Crippen LogP contribution in [0.4, 0.5) is 0 Å². The fraction of sp³-hybridized carbons (Fsp3) is 1.00. The highest BCUT2D eigenvalue weighted by Gasteiger charge is 2.44. The van der Waals surface area contributed by atoms with Crippen molar-refractivity contribution in [2.75, 3.05) is 6.61 Å². The molecule has 0 aromatic carbocycles. The van der Waals surface area contributed by atoms with Crippen LogP contribution in [0.25, 0.3) is 0 Å². The van der Waals surface area contributed by atoms with Gasteiger partial charge in [-0.3, -0.25) is 0 Å². The van der Waals surface area contributed by atoms with Crippen LogP contribution in [0.3, 0.4) is 0 Å². The minimum Gasteiger partial charge on any atom is -0.394 e. The number of aliphatic hydroxyl groups excluding tert-OH is 1. The van der Waals surface area contributed by atoms with E-state index in [2.05, 4.69) is 13.8 Å². The Hall–Kier alpha value is -0.0800. The molecule has 0 unspecified atom stereocenters. The van der Waals surface area contributed by atoms with Gasteiger partial charge < -0.3 is 9.84 Å². The lowest BCUT2D eigenvalue weighted by Gasteiger charge is -2.40. The van der Waals surface area contributed by atoms with Gasteiger partial charge in [0.2, 0.25) is 0 Å². The molecule has 0 bridgehead atoms. The molecule has 2 rings (SSSR count). The summed E-state index contributed by atoms with van der Waals surface area (Å²) in [5.41, 5.74) is 0.138. The predicted octanol–water partition coefficient (Wildman–Crippen LogP) is 2.35. The summed E-state index contributed by atoms with van der Waals surface area (Å²) in [4.78, 5) is 0. The standard InChI is InChI=1S/C12H22O2/c1-9-3-5-12(7-10(9)2)6-4-11(8-13)14-12/h9-11,13H,3-8H2,1-2H3/t9-,10-,11+,12+/m1/s1. The quantitative estimate of drug-likeness (QED) is 0.701. The van der Waals surface area contributed by atoms with Crippen LogP contribution in [-0.4, -0.2) is 23.4 Å². The highest BCUT2D eigenvalue weighted by molar-refractivity contribution is 4.94. The molecule has 2 heteroatoms. The van der Waals surface area contributed by atoms with Crippen LogP contribution in [0, 0.1) is 11.8 Å². The summed E-state index contributed by atoms with van der Waals surface area (Å²) < 4.78 is 6.01. The van der Waals surface area contributed by atoms with E-state index in [9.17, 15) is 0 Å². The van der Waals surface area contributed by atoms with Gasteiger partial charge in [-0.2, -0.15) is 0 Å². The SMILES string of the molecule is C[C@@H]1CC[C@]2(CC[C@@H](CO)O2)C[C@H]1C. The third-order valence-corrected chi connectivity index (χ3v) is 4.26. The van der Waals surface area contributed by atoms with E-state index in [1.165, 1.54) is 19.3 Å². The van der Waals surface area contributed by atoms with Crippen LogP contribution in [0.1, 0.15) is 46.0 Å². The molecule has 0 aromatic rings. The van der Waals surface area contributed by atoms with Crippen molar-refractivity contribution in [1.29, 1.82) is 0 Å². The van der Waals surface area contributed by atoms with Crippen molar-refractivity contribution in [3.8, 4) is 0 Å². The highest BCUT2D eigenvalue weighted by atomic mass is 16.5. The number of aliphatic hydroxyl groups is 1. The van der Waals surface area contributed by atoms with Gasteiger partial charge >= 0.3 is 0 Å². The normalized spacial score (nSPS) is 48.6. The molecule has 0 radical (unpaired) electrons. The second-order valence-electron chi connectivity index (χ2n) is 5.34. The number of ether oxygens (including phenoxy) is 1. The van der Waals surface area contributed by atoms with Crippen molar-refractivity contribution >= 4 is 0 Å². The van der Waals surface area contributed by atoms with E-state index in [1.54, 1.807) is 0 Å². The number of hydrogen-bond donors (Lipinski definition) is 1. The van der Waals surface area contributed by atoms with Gasteiger partial charge in [-0.25, -0.2) is 0 Å². The van der Waals surface area contributed by atoms with Crippen molar-refractivity contribution < 1.29 is 9.84 Å². The molecule has 1 heterocycles. The van der Waals surface area contributed by atoms with Crippen molar-refractivity contribution in [3.63, 3.8) is 0 Å². The fourth-order valence-corrected chi connectivity index (χ4v) is 3.02. The van der Waals surface area contributed by atoms with Crippen LogP contribution >= 0.6 is 0 Å². The van der Waals surface area contributed by atoms with Crippen LogP contribution in [0.5, 0.6) is 0 Å². The Bertz CT molecular complexity index is 204. The van der Waals surface area contributed by atoms with Gasteiger partial charge in [0, 0.05) is 0 Å². The minimum absolute atomic E-state index is 0.121. The smallest absolute Gasteiger partial charge is 0.0814 e. The maximum Gasteiger partial charge on any atom is 0.0814 e. The summed E-state index contributed by atoms with van der Waals surface area (Å²) in [6, 6.07) is 0. The first-order valence-corrected chi connectivity index (χ1v) is 5.94. The molecule has 2 nitrogen and oxygen atoms in total. The Labute approximate surface area is 86.6 Å². The number of rotatable bonds is 1. The molecule has 1 saturated heterocycles. The molecular weight excluding hydrogens is 176 g/mol. The first kappa shape index (κ1) is 10.4. The third-order valence-electron chi connectivity index (χ3n) is 4.26. The summed E-state index contributed by atoms with van der Waals surface area (Å²) in [7, 11) is 0. The molecule has 0 amide bonds. The van der Waals surface area contributed by atoms with Crippen LogP contribution in [0.2, 0.25) is 0 Å². The van der Waals surface area contributed by atoms with Crippen molar-refractivity contribution in [2.45, 2.75) is 57.7 Å². The third kappa shape index (κ3) is 1.82.